The van der Waals surface area contributed by atoms with Gasteiger partial charge in [0, 0.05) is 31.7 Å². The molecule has 0 unspecified atom stereocenters. The van der Waals surface area contributed by atoms with Crippen molar-refractivity contribution >= 4 is 29.6 Å². The highest BCUT2D eigenvalue weighted by atomic mass is 19.1. The molecule has 0 bridgehead atoms. The first-order chi connectivity index (χ1) is 18.2. The van der Waals surface area contributed by atoms with Crippen LogP contribution >= 0.6 is 0 Å². The largest absolute Gasteiger partial charge is 0.448 e. The molecule has 1 fully saturated rings. The van der Waals surface area contributed by atoms with E-state index in [1.807, 2.05) is 11.9 Å². The topological polar surface area (TPSA) is 109 Å². The van der Waals surface area contributed by atoms with Crippen LogP contribution in [0.1, 0.15) is 63.2 Å². The monoisotopic (exact) mass is 544 g/mol. The average molecular weight is 545 g/mol. The second-order valence-corrected chi connectivity index (χ2v) is 11.3. The number of nitrogens with zero attached hydrogens (tertiary/aromatic N) is 5. The number of ether oxygens (including phenoxy) is 2. The van der Waals surface area contributed by atoms with E-state index in [1.165, 1.54) is 17.0 Å². The molecule has 1 aromatic heterocycles. The standard InChI is InChI=1S/C27H37FN6O5/c1-8-38-25(37)34-21-18(16-33(27(21,5)6)24(36)39-26(2,3)4)22(30-34)29-23(35)17-10-9-11-19(28)20(17)32-14-12-31(7)13-15-32/h9-11H,8,12-16H2,1-7H3,(H,29,30,35). The van der Waals surface area contributed by atoms with Gasteiger partial charge in [-0.15, -0.1) is 5.10 Å². The summed E-state index contributed by atoms with van der Waals surface area (Å²) in [6, 6.07) is 4.38. The second-order valence-electron chi connectivity index (χ2n) is 11.3. The van der Waals surface area contributed by atoms with Crippen molar-refractivity contribution in [1.82, 2.24) is 19.6 Å². The second kappa shape index (κ2) is 10.5. The number of para-hydroxylation sites is 1. The number of carbonyl (C=O) groups is 3. The molecule has 39 heavy (non-hydrogen) atoms. The van der Waals surface area contributed by atoms with Crippen LogP contribution in [-0.2, 0) is 21.6 Å². The zero-order valence-corrected chi connectivity index (χ0v) is 23.6. The first-order valence-electron chi connectivity index (χ1n) is 13.1. The van der Waals surface area contributed by atoms with Gasteiger partial charge in [0.25, 0.3) is 5.91 Å². The summed E-state index contributed by atoms with van der Waals surface area (Å²) in [4.78, 5) is 45.0. The van der Waals surface area contributed by atoms with Gasteiger partial charge in [-0.25, -0.2) is 14.0 Å². The molecule has 3 heterocycles. The number of nitrogens with one attached hydrogen (secondary N) is 1. The Morgan fingerprint density at radius 1 is 1.10 bits per heavy atom. The van der Waals surface area contributed by atoms with Gasteiger partial charge in [-0.3, -0.25) is 9.69 Å². The Labute approximate surface area is 227 Å². The van der Waals surface area contributed by atoms with Gasteiger partial charge in [0.15, 0.2) is 5.82 Å². The molecule has 1 saturated heterocycles. The fourth-order valence-corrected chi connectivity index (χ4v) is 4.96. The Kier molecular flexibility index (Phi) is 7.61. The summed E-state index contributed by atoms with van der Waals surface area (Å²) in [5.74, 6) is -0.976. The Morgan fingerprint density at radius 2 is 1.77 bits per heavy atom. The minimum absolute atomic E-state index is 0.0424. The molecule has 2 aliphatic rings. The molecule has 0 saturated carbocycles. The lowest BCUT2D eigenvalue weighted by atomic mass is 10.0. The molecule has 1 aromatic carbocycles. The van der Waals surface area contributed by atoms with Crippen LogP contribution in [0.25, 0.3) is 0 Å². The van der Waals surface area contributed by atoms with Crippen molar-refractivity contribution in [3.8, 4) is 0 Å². The maximum absolute atomic E-state index is 15.0. The number of hydrogen-bond donors (Lipinski definition) is 1. The fraction of sp³-hybridized carbons (Fsp3) is 0.556. The van der Waals surface area contributed by atoms with Gasteiger partial charge < -0.3 is 24.6 Å². The van der Waals surface area contributed by atoms with Gasteiger partial charge in [0.05, 0.1) is 35.6 Å². The molecule has 2 aliphatic heterocycles. The molecule has 0 aliphatic carbocycles. The first-order valence-corrected chi connectivity index (χ1v) is 13.1. The summed E-state index contributed by atoms with van der Waals surface area (Å²) in [6.45, 7) is 13.3. The number of likely N-dealkylation sites (N-methyl/N-ethyl adjacent to an activating group) is 1. The number of halogens is 1. The van der Waals surface area contributed by atoms with Crippen molar-refractivity contribution in [3.63, 3.8) is 0 Å². The number of hydrogen-bond acceptors (Lipinski definition) is 8. The number of anilines is 2. The van der Waals surface area contributed by atoms with E-state index in [-0.39, 0.29) is 30.2 Å². The van der Waals surface area contributed by atoms with E-state index in [9.17, 15) is 14.4 Å². The van der Waals surface area contributed by atoms with E-state index < -0.39 is 35.1 Å². The summed E-state index contributed by atoms with van der Waals surface area (Å²) in [5.41, 5.74) is -0.487. The number of carbonyl (C=O) groups excluding carboxylic acids is 3. The summed E-state index contributed by atoms with van der Waals surface area (Å²) in [5, 5.41) is 7.15. The van der Waals surface area contributed by atoms with Gasteiger partial charge in [-0.2, -0.15) is 4.68 Å². The van der Waals surface area contributed by atoms with E-state index in [2.05, 4.69) is 15.3 Å². The molecule has 2 aromatic rings. The molecule has 0 spiro atoms. The van der Waals surface area contributed by atoms with Crippen LogP contribution in [0.15, 0.2) is 18.2 Å². The minimum Gasteiger partial charge on any atom is -0.448 e. The molecular weight excluding hydrogens is 507 g/mol. The maximum Gasteiger partial charge on any atom is 0.435 e. The van der Waals surface area contributed by atoms with Crippen molar-refractivity contribution < 1.29 is 28.2 Å². The quantitative estimate of drug-likeness (QED) is 0.615. The third-order valence-electron chi connectivity index (χ3n) is 6.89. The first kappa shape index (κ1) is 28.3. The Morgan fingerprint density at radius 3 is 2.38 bits per heavy atom. The number of rotatable bonds is 4. The number of benzene rings is 1. The van der Waals surface area contributed by atoms with E-state index in [1.54, 1.807) is 47.6 Å². The number of fused-ring (bicyclic) bond motifs is 1. The van der Waals surface area contributed by atoms with Gasteiger partial charge in [-0.05, 0) is 60.7 Å². The third-order valence-corrected chi connectivity index (χ3v) is 6.89. The van der Waals surface area contributed by atoms with E-state index in [0.29, 0.717) is 24.3 Å². The van der Waals surface area contributed by atoms with Crippen LogP contribution in [-0.4, -0.2) is 83.1 Å². The normalized spacial score (nSPS) is 17.1. The smallest absolute Gasteiger partial charge is 0.435 e. The highest BCUT2D eigenvalue weighted by Gasteiger charge is 2.48. The fourth-order valence-electron chi connectivity index (χ4n) is 4.96. The molecule has 212 valence electrons. The molecule has 4 rings (SSSR count). The van der Waals surface area contributed by atoms with Gasteiger partial charge in [-0.1, -0.05) is 6.07 Å². The minimum atomic E-state index is -1.01. The van der Waals surface area contributed by atoms with E-state index in [0.717, 1.165) is 17.8 Å². The number of amides is 2. The van der Waals surface area contributed by atoms with Crippen LogP contribution in [0.2, 0.25) is 0 Å². The van der Waals surface area contributed by atoms with Crippen LogP contribution in [0.5, 0.6) is 0 Å². The van der Waals surface area contributed by atoms with Crippen molar-refractivity contribution in [3.05, 3.63) is 40.8 Å². The lowest BCUT2D eigenvalue weighted by Crippen LogP contribution is -2.45. The number of aromatic nitrogens is 2. The predicted molar refractivity (Wildman–Crippen MR) is 144 cm³/mol. The molecule has 12 heteroatoms. The molecule has 2 amide bonds. The van der Waals surface area contributed by atoms with Gasteiger partial charge in [0.1, 0.15) is 11.4 Å². The molecule has 0 radical (unpaired) electrons. The van der Waals surface area contributed by atoms with Crippen LogP contribution in [0.4, 0.5) is 25.5 Å². The van der Waals surface area contributed by atoms with Crippen molar-refractivity contribution in [2.24, 2.45) is 0 Å². The summed E-state index contributed by atoms with van der Waals surface area (Å²) < 4.78 is 26.9. The molecule has 11 nitrogen and oxygen atoms in total. The van der Waals surface area contributed by atoms with Crippen LogP contribution in [0.3, 0.4) is 0 Å². The zero-order valence-electron chi connectivity index (χ0n) is 23.6. The Bertz CT molecular complexity index is 1280. The van der Waals surface area contributed by atoms with Gasteiger partial charge >= 0.3 is 12.2 Å². The van der Waals surface area contributed by atoms with Crippen molar-refractivity contribution in [1.29, 1.82) is 0 Å². The lowest BCUT2D eigenvalue weighted by molar-refractivity contribution is 0.00387. The highest BCUT2D eigenvalue weighted by Crippen LogP contribution is 2.43. The lowest BCUT2D eigenvalue weighted by Gasteiger charge is -2.35. The predicted octanol–water partition coefficient (Wildman–Crippen LogP) is 4.02. The van der Waals surface area contributed by atoms with E-state index >= 15 is 4.39 Å². The SMILES string of the molecule is CCOC(=O)n1nc(NC(=O)c2cccc(F)c2N2CCN(C)CC2)c2c1C(C)(C)N(C(=O)OC(C)(C)C)C2. The van der Waals surface area contributed by atoms with Gasteiger partial charge in [0.2, 0.25) is 0 Å². The van der Waals surface area contributed by atoms with Crippen molar-refractivity contribution in [2.45, 2.75) is 59.2 Å². The maximum atomic E-state index is 15.0. The Hall–Kier alpha value is -3.67. The summed E-state index contributed by atoms with van der Waals surface area (Å²) >= 11 is 0. The molecule has 1 N–H and O–H groups in total. The summed E-state index contributed by atoms with van der Waals surface area (Å²) in [6.07, 6.45) is -1.31. The molecular formula is C27H37FN6O5. The Balaban J connectivity index is 1.71. The van der Waals surface area contributed by atoms with Crippen LogP contribution in [0, 0.1) is 5.82 Å². The third kappa shape index (κ3) is 5.56. The zero-order chi connectivity index (χ0) is 28.7. The molecule has 0 atom stereocenters. The average Bonchev–Trinajstić information content (AvgIpc) is 3.34. The highest BCUT2D eigenvalue weighted by molar-refractivity contribution is 6.08. The van der Waals surface area contributed by atoms with Crippen molar-refractivity contribution in [2.75, 3.05) is 50.1 Å². The van der Waals surface area contributed by atoms with Crippen LogP contribution < -0.4 is 10.2 Å². The summed E-state index contributed by atoms with van der Waals surface area (Å²) in [7, 11) is 1.99. The van der Waals surface area contributed by atoms with E-state index in [4.69, 9.17) is 9.47 Å². The number of piperazine rings is 1.